The molecule has 2 saturated heterocycles. The lowest BCUT2D eigenvalue weighted by atomic mass is 9.90. The Balaban J connectivity index is 1.41. The largest absolute Gasteiger partial charge is 0.347 e. The first-order chi connectivity index (χ1) is 14.8. The number of hydrogen-bond donors (Lipinski definition) is 1. The zero-order valence-electron chi connectivity index (χ0n) is 18.4. The summed E-state index contributed by atoms with van der Waals surface area (Å²) in [5, 5.41) is 0.485. The predicted octanol–water partition coefficient (Wildman–Crippen LogP) is 1.35. The lowest BCUT2D eigenvalue weighted by Crippen LogP contribution is -2.46. The average Bonchev–Trinajstić information content (AvgIpc) is 2.78. The van der Waals surface area contributed by atoms with Gasteiger partial charge in [0.1, 0.15) is 0 Å². The zero-order chi connectivity index (χ0) is 22.1. The van der Waals surface area contributed by atoms with Gasteiger partial charge < -0.3 is 19.7 Å². The number of fused-ring (bicyclic) bond motifs is 1. The first-order valence-electron chi connectivity index (χ1n) is 10.9. The van der Waals surface area contributed by atoms with Gasteiger partial charge in [-0.15, -0.1) is 0 Å². The van der Waals surface area contributed by atoms with Crippen molar-refractivity contribution in [2.24, 2.45) is 5.92 Å². The summed E-state index contributed by atoms with van der Waals surface area (Å²) in [6, 6.07) is 1.95. The number of pyridine rings is 1. The van der Waals surface area contributed by atoms with Crippen LogP contribution in [-0.2, 0) is 9.59 Å². The molecule has 0 unspecified atom stereocenters. The van der Waals surface area contributed by atoms with Crippen molar-refractivity contribution < 1.29 is 9.59 Å². The van der Waals surface area contributed by atoms with Crippen LogP contribution < -0.4 is 10.5 Å². The van der Waals surface area contributed by atoms with E-state index in [0.29, 0.717) is 43.0 Å². The van der Waals surface area contributed by atoms with Crippen LogP contribution in [0.3, 0.4) is 0 Å². The number of piperidine rings is 2. The molecule has 31 heavy (non-hydrogen) atoms. The smallest absolute Gasteiger partial charge is 0.259 e. The third kappa shape index (κ3) is 4.40. The van der Waals surface area contributed by atoms with E-state index in [9.17, 15) is 14.4 Å². The van der Waals surface area contributed by atoms with Crippen molar-refractivity contribution in [2.45, 2.75) is 38.5 Å². The summed E-state index contributed by atoms with van der Waals surface area (Å²) in [5.41, 5.74) is 1.35. The molecule has 0 radical (unpaired) electrons. The lowest BCUT2D eigenvalue weighted by Gasteiger charge is -2.37. The summed E-state index contributed by atoms with van der Waals surface area (Å²) < 4.78 is 0. The molecule has 2 fully saturated rings. The van der Waals surface area contributed by atoms with Gasteiger partial charge in [-0.3, -0.25) is 14.4 Å². The maximum atomic E-state index is 12.9. The molecule has 4 heterocycles. The maximum absolute atomic E-state index is 12.9. The molecule has 2 aliphatic heterocycles. The summed E-state index contributed by atoms with van der Waals surface area (Å²) in [6.07, 6.45) is 4.67. The predicted molar refractivity (Wildman–Crippen MR) is 118 cm³/mol. The van der Waals surface area contributed by atoms with Crippen molar-refractivity contribution >= 4 is 28.7 Å². The van der Waals surface area contributed by atoms with Crippen LogP contribution in [0.2, 0.25) is 0 Å². The van der Waals surface area contributed by atoms with E-state index in [1.165, 1.54) is 0 Å². The third-order valence-corrected chi connectivity index (χ3v) is 6.54. The van der Waals surface area contributed by atoms with Crippen LogP contribution in [0.5, 0.6) is 0 Å². The summed E-state index contributed by atoms with van der Waals surface area (Å²) in [7, 11) is 3.73. The van der Waals surface area contributed by atoms with Crippen LogP contribution >= 0.6 is 0 Å². The molecule has 0 spiro atoms. The average molecular weight is 427 g/mol. The summed E-state index contributed by atoms with van der Waals surface area (Å²) in [4.78, 5) is 54.3. The van der Waals surface area contributed by atoms with Crippen molar-refractivity contribution in [2.75, 3.05) is 45.2 Å². The quantitative estimate of drug-likeness (QED) is 0.795. The van der Waals surface area contributed by atoms with E-state index < -0.39 is 0 Å². The number of H-pyrrole nitrogens is 1. The minimum Gasteiger partial charge on any atom is -0.347 e. The highest BCUT2D eigenvalue weighted by Crippen LogP contribution is 2.29. The Kier molecular flexibility index (Phi) is 5.93. The van der Waals surface area contributed by atoms with Crippen molar-refractivity contribution in [3.05, 3.63) is 28.3 Å². The molecule has 9 heteroatoms. The van der Waals surface area contributed by atoms with Gasteiger partial charge in [-0.25, -0.2) is 9.97 Å². The van der Waals surface area contributed by atoms with Gasteiger partial charge in [0, 0.05) is 70.9 Å². The van der Waals surface area contributed by atoms with Crippen molar-refractivity contribution in [1.82, 2.24) is 24.8 Å². The first-order valence-corrected chi connectivity index (χ1v) is 10.9. The van der Waals surface area contributed by atoms with E-state index >= 15 is 0 Å². The SMILES string of the molecule is CC(=O)N1CCC(C(=O)N2CCC(c3cc4nc(N(C)C)ncc4c(=O)[nH]3)CC2)CC1. The molecular weight excluding hydrogens is 396 g/mol. The van der Waals surface area contributed by atoms with E-state index in [-0.39, 0.29) is 29.2 Å². The number of nitrogens with one attached hydrogen (secondary N) is 1. The Bertz CT molecular complexity index is 1030. The molecule has 0 aromatic carbocycles. The van der Waals surface area contributed by atoms with E-state index in [4.69, 9.17) is 0 Å². The van der Waals surface area contributed by atoms with Gasteiger partial charge in [0.25, 0.3) is 5.56 Å². The van der Waals surface area contributed by atoms with Gasteiger partial charge in [-0.2, -0.15) is 0 Å². The van der Waals surface area contributed by atoms with Gasteiger partial charge in [-0.05, 0) is 31.7 Å². The van der Waals surface area contributed by atoms with Crippen LogP contribution in [0.4, 0.5) is 5.95 Å². The number of amides is 2. The number of nitrogens with zero attached hydrogens (tertiary/aromatic N) is 5. The van der Waals surface area contributed by atoms with Crippen LogP contribution in [0, 0.1) is 5.92 Å². The number of anilines is 1. The van der Waals surface area contributed by atoms with Crippen LogP contribution in [0.1, 0.15) is 44.2 Å². The van der Waals surface area contributed by atoms with Gasteiger partial charge in [0.2, 0.25) is 17.8 Å². The fourth-order valence-electron chi connectivity index (χ4n) is 4.60. The Hall–Kier alpha value is -2.97. The number of carbonyl (C=O) groups is 2. The second-order valence-electron chi connectivity index (χ2n) is 8.80. The second-order valence-corrected chi connectivity index (χ2v) is 8.80. The number of likely N-dealkylation sites (tertiary alicyclic amines) is 2. The monoisotopic (exact) mass is 426 g/mol. The Morgan fingerprint density at radius 3 is 2.32 bits per heavy atom. The topological polar surface area (TPSA) is 102 Å². The molecule has 2 amide bonds. The third-order valence-electron chi connectivity index (χ3n) is 6.54. The molecule has 166 valence electrons. The minimum atomic E-state index is -0.173. The van der Waals surface area contributed by atoms with Gasteiger partial charge in [-0.1, -0.05) is 0 Å². The Morgan fingerprint density at radius 1 is 1.06 bits per heavy atom. The number of rotatable bonds is 3. The van der Waals surface area contributed by atoms with Crippen LogP contribution in [0.15, 0.2) is 17.1 Å². The standard InChI is InChI=1S/C22H30N6O3/c1-14(29)27-8-6-16(7-9-27)21(31)28-10-4-15(5-11-28)18-12-19-17(20(30)24-18)13-23-22(25-19)26(2)3/h12-13,15-16H,4-11H2,1-3H3,(H,24,30). The van der Waals surface area contributed by atoms with E-state index in [1.807, 2.05) is 34.9 Å². The lowest BCUT2D eigenvalue weighted by molar-refractivity contribution is -0.140. The highest BCUT2D eigenvalue weighted by molar-refractivity contribution is 5.80. The molecule has 2 aliphatic rings. The van der Waals surface area contributed by atoms with Crippen molar-refractivity contribution in [3.63, 3.8) is 0 Å². The molecule has 4 rings (SSSR count). The van der Waals surface area contributed by atoms with Gasteiger partial charge in [0.15, 0.2) is 0 Å². The van der Waals surface area contributed by atoms with Crippen LogP contribution in [0.25, 0.3) is 10.9 Å². The van der Waals surface area contributed by atoms with E-state index in [2.05, 4.69) is 15.0 Å². The van der Waals surface area contributed by atoms with Crippen molar-refractivity contribution in [1.29, 1.82) is 0 Å². The van der Waals surface area contributed by atoms with Crippen molar-refractivity contribution in [3.8, 4) is 0 Å². The number of hydrogen-bond acceptors (Lipinski definition) is 6. The molecule has 2 aromatic heterocycles. The summed E-state index contributed by atoms with van der Waals surface area (Å²) >= 11 is 0. The summed E-state index contributed by atoms with van der Waals surface area (Å²) in [5.74, 6) is 1.06. The molecule has 0 saturated carbocycles. The number of aromatic nitrogens is 3. The fourth-order valence-corrected chi connectivity index (χ4v) is 4.60. The van der Waals surface area contributed by atoms with E-state index in [1.54, 1.807) is 13.1 Å². The van der Waals surface area contributed by atoms with Crippen LogP contribution in [-0.4, -0.2) is 76.8 Å². The second kappa shape index (κ2) is 8.64. The molecule has 1 N–H and O–H groups in total. The molecule has 0 bridgehead atoms. The number of carbonyl (C=O) groups excluding carboxylic acids is 2. The molecule has 9 nitrogen and oxygen atoms in total. The maximum Gasteiger partial charge on any atom is 0.259 e. The first kappa shape index (κ1) is 21.3. The van der Waals surface area contributed by atoms with E-state index in [0.717, 1.165) is 31.4 Å². The summed E-state index contributed by atoms with van der Waals surface area (Å²) in [6.45, 7) is 4.28. The van der Waals surface area contributed by atoms with Gasteiger partial charge >= 0.3 is 0 Å². The Morgan fingerprint density at radius 2 is 1.71 bits per heavy atom. The minimum absolute atomic E-state index is 0.00813. The Labute approximate surface area is 181 Å². The molecule has 0 atom stereocenters. The number of aromatic amines is 1. The zero-order valence-corrected chi connectivity index (χ0v) is 18.4. The highest BCUT2D eigenvalue weighted by Gasteiger charge is 2.32. The highest BCUT2D eigenvalue weighted by atomic mass is 16.2. The normalized spacial score (nSPS) is 18.4. The van der Waals surface area contributed by atoms with Gasteiger partial charge in [0.05, 0.1) is 10.9 Å². The fraction of sp³-hybridized carbons (Fsp3) is 0.591. The molecule has 0 aliphatic carbocycles. The molecular formula is C22H30N6O3. The molecule has 2 aromatic rings.